The van der Waals surface area contributed by atoms with Crippen molar-refractivity contribution in [3.63, 3.8) is 0 Å². The zero-order valence-corrected chi connectivity index (χ0v) is 14.4. The highest BCUT2D eigenvalue weighted by molar-refractivity contribution is 5.84. The summed E-state index contributed by atoms with van der Waals surface area (Å²) in [4.78, 5) is 14.8. The minimum atomic E-state index is 0.0294. The maximum Gasteiger partial charge on any atom is 0.227 e. The van der Waals surface area contributed by atoms with Crippen LogP contribution in [0.15, 0.2) is 54.6 Å². The lowest BCUT2D eigenvalue weighted by molar-refractivity contribution is -0.122. The second kappa shape index (κ2) is 8.00. The quantitative estimate of drug-likeness (QED) is 0.822. The van der Waals surface area contributed by atoms with Crippen molar-refractivity contribution < 1.29 is 4.79 Å². The van der Waals surface area contributed by atoms with E-state index in [9.17, 15) is 4.79 Å². The lowest BCUT2D eigenvalue weighted by Crippen LogP contribution is -2.33. The molecule has 126 valence electrons. The molecule has 0 aliphatic heterocycles. The first kappa shape index (κ1) is 16.6. The van der Waals surface area contributed by atoms with Gasteiger partial charge in [0.15, 0.2) is 0 Å². The highest BCUT2D eigenvalue weighted by Gasteiger charge is 2.25. The van der Waals surface area contributed by atoms with Gasteiger partial charge in [-0.05, 0) is 48.9 Å². The van der Waals surface area contributed by atoms with E-state index in [0.717, 1.165) is 38.8 Å². The number of hydrogen-bond acceptors (Lipinski definition) is 2. The predicted octanol–water partition coefficient (Wildman–Crippen LogP) is 3.75. The number of amides is 1. The summed E-state index contributed by atoms with van der Waals surface area (Å²) in [5.41, 5.74) is 3.78. The molecule has 1 N–H and O–H groups in total. The fourth-order valence-electron chi connectivity index (χ4n) is 3.49. The van der Waals surface area contributed by atoms with Crippen molar-refractivity contribution in [1.29, 1.82) is 0 Å². The van der Waals surface area contributed by atoms with Crippen LogP contribution in [0, 0.1) is 0 Å². The first-order chi connectivity index (χ1) is 11.8. The number of para-hydroxylation sites is 1. The molecule has 1 aliphatic carbocycles. The van der Waals surface area contributed by atoms with Crippen LogP contribution in [0.5, 0.6) is 0 Å². The molecular formula is C21H26N2O. The van der Waals surface area contributed by atoms with Gasteiger partial charge in [-0.1, -0.05) is 42.5 Å². The maximum absolute atomic E-state index is 12.6. The molecule has 24 heavy (non-hydrogen) atoms. The van der Waals surface area contributed by atoms with E-state index in [1.807, 2.05) is 24.3 Å². The van der Waals surface area contributed by atoms with Gasteiger partial charge < -0.3 is 10.2 Å². The fourth-order valence-corrected chi connectivity index (χ4v) is 3.49. The van der Waals surface area contributed by atoms with Gasteiger partial charge in [0.05, 0.1) is 5.92 Å². The van der Waals surface area contributed by atoms with Gasteiger partial charge in [0, 0.05) is 25.8 Å². The number of aryl methyl sites for hydroxylation is 1. The van der Waals surface area contributed by atoms with Gasteiger partial charge in [-0.3, -0.25) is 4.79 Å². The number of benzene rings is 2. The second-order valence-corrected chi connectivity index (χ2v) is 6.55. The maximum atomic E-state index is 12.6. The molecule has 0 aromatic heterocycles. The Kier molecular flexibility index (Phi) is 5.52. The Morgan fingerprint density at radius 2 is 1.88 bits per heavy atom. The van der Waals surface area contributed by atoms with Crippen LogP contribution in [0.1, 0.15) is 36.3 Å². The van der Waals surface area contributed by atoms with Crippen molar-refractivity contribution in [2.45, 2.75) is 31.6 Å². The third-order valence-electron chi connectivity index (χ3n) is 4.85. The number of nitrogens with one attached hydrogen (secondary N) is 1. The van der Waals surface area contributed by atoms with Gasteiger partial charge in [-0.15, -0.1) is 0 Å². The van der Waals surface area contributed by atoms with E-state index in [1.165, 1.54) is 16.8 Å². The van der Waals surface area contributed by atoms with E-state index in [4.69, 9.17) is 0 Å². The molecule has 3 rings (SSSR count). The minimum Gasteiger partial charge on any atom is -0.375 e. The predicted molar refractivity (Wildman–Crippen MR) is 99.5 cm³/mol. The van der Waals surface area contributed by atoms with E-state index in [-0.39, 0.29) is 11.8 Å². The van der Waals surface area contributed by atoms with E-state index in [2.05, 4.69) is 47.6 Å². The number of hydrogen-bond donors (Lipinski definition) is 1. The number of carbonyl (C=O) groups is 1. The van der Waals surface area contributed by atoms with Gasteiger partial charge in [-0.25, -0.2) is 0 Å². The van der Waals surface area contributed by atoms with Crippen LogP contribution in [0.3, 0.4) is 0 Å². The van der Waals surface area contributed by atoms with Crippen LogP contribution in [-0.4, -0.2) is 26.0 Å². The fraction of sp³-hybridized carbons (Fsp3) is 0.381. The molecule has 3 heteroatoms. The molecule has 0 saturated heterocycles. The lowest BCUT2D eigenvalue weighted by Gasteiger charge is -2.25. The number of nitrogens with zero attached hydrogens (tertiary/aromatic N) is 1. The Morgan fingerprint density at radius 1 is 1.12 bits per heavy atom. The molecule has 1 aliphatic rings. The molecule has 0 heterocycles. The van der Waals surface area contributed by atoms with Crippen LogP contribution in [0.4, 0.5) is 5.69 Å². The number of fused-ring (bicyclic) bond motifs is 1. The third-order valence-corrected chi connectivity index (χ3v) is 4.85. The molecule has 0 bridgehead atoms. The zero-order valence-electron chi connectivity index (χ0n) is 14.4. The van der Waals surface area contributed by atoms with Crippen molar-refractivity contribution in [2.24, 2.45) is 0 Å². The van der Waals surface area contributed by atoms with Crippen LogP contribution in [0.2, 0.25) is 0 Å². The van der Waals surface area contributed by atoms with Gasteiger partial charge in [0.2, 0.25) is 5.91 Å². The normalized spacial score (nSPS) is 16.3. The van der Waals surface area contributed by atoms with Gasteiger partial charge in [-0.2, -0.15) is 0 Å². The summed E-state index contributed by atoms with van der Waals surface area (Å²) >= 11 is 0. The number of rotatable bonds is 6. The Bertz CT molecular complexity index is 669. The van der Waals surface area contributed by atoms with Crippen LogP contribution in [0.25, 0.3) is 0 Å². The lowest BCUT2D eigenvalue weighted by atomic mass is 9.82. The van der Waals surface area contributed by atoms with Gasteiger partial charge in [0.1, 0.15) is 0 Å². The molecule has 3 nitrogen and oxygen atoms in total. The van der Waals surface area contributed by atoms with Gasteiger partial charge >= 0.3 is 0 Å². The summed E-state index contributed by atoms with van der Waals surface area (Å²) in [6.45, 7) is 1.67. The SMILES string of the molecule is CN(CCCNC(=O)C1CCCc2ccccc21)c1ccccc1. The molecule has 1 unspecified atom stereocenters. The summed E-state index contributed by atoms with van der Waals surface area (Å²) < 4.78 is 0. The molecule has 0 saturated carbocycles. The van der Waals surface area contributed by atoms with Crippen LogP contribution < -0.4 is 10.2 Å². The largest absolute Gasteiger partial charge is 0.375 e. The number of carbonyl (C=O) groups excluding carboxylic acids is 1. The second-order valence-electron chi connectivity index (χ2n) is 6.55. The number of anilines is 1. The van der Waals surface area contributed by atoms with Crippen molar-refractivity contribution in [3.8, 4) is 0 Å². The molecule has 0 fully saturated rings. The Morgan fingerprint density at radius 3 is 2.71 bits per heavy atom. The van der Waals surface area contributed by atoms with Crippen molar-refractivity contribution in [2.75, 3.05) is 25.0 Å². The van der Waals surface area contributed by atoms with E-state index < -0.39 is 0 Å². The van der Waals surface area contributed by atoms with E-state index in [0.29, 0.717) is 0 Å². The first-order valence-corrected chi connectivity index (χ1v) is 8.87. The topological polar surface area (TPSA) is 32.3 Å². The minimum absolute atomic E-state index is 0.0294. The third kappa shape index (κ3) is 3.97. The molecule has 0 spiro atoms. The van der Waals surface area contributed by atoms with Crippen molar-refractivity contribution in [3.05, 3.63) is 65.7 Å². The smallest absolute Gasteiger partial charge is 0.227 e. The Labute approximate surface area is 144 Å². The Balaban J connectivity index is 1.47. The first-order valence-electron chi connectivity index (χ1n) is 8.87. The molecule has 2 aromatic rings. The van der Waals surface area contributed by atoms with Gasteiger partial charge in [0.25, 0.3) is 0 Å². The highest BCUT2D eigenvalue weighted by atomic mass is 16.1. The highest BCUT2D eigenvalue weighted by Crippen LogP contribution is 2.31. The van der Waals surface area contributed by atoms with E-state index in [1.54, 1.807) is 0 Å². The summed E-state index contributed by atoms with van der Waals surface area (Å²) in [6.07, 6.45) is 4.12. The molecule has 1 amide bonds. The van der Waals surface area contributed by atoms with Crippen LogP contribution >= 0.6 is 0 Å². The average molecular weight is 322 g/mol. The standard InChI is InChI=1S/C21H26N2O/c1-23(18-11-3-2-4-12-18)16-8-15-22-21(24)20-14-7-10-17-9-5-6-13-19(17)20/h2-6,9,11-13,20H,7-8,10,14-16H2,1H3,(H,22,24). The average Bonchev–Trinajstić information content (AvgIpc) is 2.65. The Hall–Kier alpha value is -2.29. The monoisotopic (exact) mass is 322 g/mol. The summed E-state index contributed by atoms with van der Waals surface area (Å²) in [7, 11) is 2.09. The summed E-state index contributed by atoms with van der Waals surface area (Å²) in [6, 6.07) is 18.7. The molecule has 2 aromatic carbocycles. The summed E-state index contributed by atoms with van der Waals surface area (Å²) in [5, 5.41) is 3.13. The van der Waals surface area contributed by atoms with Crippen LogP contribution in [-0.2, 0) is 11.2 Å². The van der Waals surface area contributed by atoms with Crippen molar-refractivity contribution >= 4 is 11.6 Å². The van der Waals surface area contributed by atoms with E-state index >= 15 is 0 Å². The zero-order chi connectivity index (χ0) is 16.8. The molecule has 1 atom stereocenters. The molecule has 0 radical (unpaired) electrons. The van der Waals surface area contributed by atoms with Crippen molar-refractivity contribution in [1.82, 2.24) is 5.32 Å². The summed E-state index contributed by atoms with van der Waals surface area (Å²) in [5.74, 6) is 0.214. The molecular weight excluding hydrogens is 296 g/mol.